The lowest BCUT2D eigenvalue weighted by atomic mass is 10.1. The summed E-state index contributed by atoms with van der Waals surface area (Å²) in [7, 11) is 0. The Morgan fingerprint density at radius 1 is 1.11 bits per heavy atom. The number of nitrogens with one attached hydrogen (secondary N) is 1. The van der Waals surface area contributed by atoms with Crippen LogP contribution in [0.15, 0.2) is 64.1 Å². The molecule has 0 aliphatic carbocycles. The fraction of sp³-hybridized carbons (Fsp3) is 0.263. The van der Waals surface area contributed by atoms with Crippen molar-refractivity contribution in [3.63, 3.8) is 0 Å². The van der Waals surface area contributed by atoms with Gasteiger partial charge in [-0.2, -0.15) is 5.10 Å². The minimum absolute atomic E-state index is 0.291. The fourth-order valence-corrected chi connectivity index (χ4v) is 3.01. The van der Waals surface area contributed by atoms with E-state index >= 15 is 0 Å². The van der Waals surface area contributed by atoms with Gasteiger partial charge in [-0.1, -0.05) is 12.1 Å². The van der Waals surface area contributed by atoms with Gasteiger partial charge >= 0.3 is 0 Å². The number of rotatable bonds is 5. The summed E-state index contributed by atoms with van der Waals surface area (Å²) in [6.07, 6.45) is 3.40. The highest BCUT2D eigenvalue weighted by atomic mass is 16.5. The Kier molecular flexibility index (Phi) is 5.17. The fourth-order valence-electron chi connectivity index (χ4n) is 3.01. The number of morpholine rings is 1. The van der Waals surface area contributed by atoms with Crippen LogP contribution in [-0.2, 0) is 11.3 Å². The molecule has 0 saturated carbocycles. The predicted molar refractivity (Wildman–Crippen MR) is 106 cm³/mol. The van der Waals surface area contributed by atoms with E-state index in [0.717, 1.165) is 44.1 Å². The van der Waals surface area contributed by atoms with Crippen molar-refractivity contribution in [1.29, 1.82) is 0 Å². The van der Waals surface area contributed by atoms with Crippen LogP contribution < -0.4 is 11.2 Å². The Hall–Kier alpha value is -3.10. The molecule has 138 valence electrons. The summed E-state index contributed by atoms with van der Waals surface area (Å²) >= 11 is 0. The molecule has 3 N–H and O–H groups in total. The first-order valence-electron chi connectivity index (χ1n) is 8.84. The molecule has 0 bridgehead atoms. The zero-order chi connectivity index (χ0) is 18.5. The van der Waals surface area contributed by atoms with Crippen LogP contribution in [0.2, 0.25) is 0 Å². The number of hydrogen-bond donors (Lipinski definition) is 2. The Bertz CT molecular complexity index is 886. The van der Waals surface area contributed by atoms with Gasteiger partial charge in [-0.15, -0.1) is 10.2 Å². The van der Waals surface area contributed by atoms with Crippen molar-refractivity contribution in [3.8, 4) is 0 Å². The topological polar surface area (TPSA) is 100 Å². The first-order valence-corrected chi connectivity index (χ1v) is 8.84. The molecule has 0 spiro atoms. The number of amidine groups is 1. The maximum Gasteiger partial charge on any atom is 0.176 e. The quantitative estimate of drug-likeness (QED) is 0.783. The van der Waals surface area contributed by atoms with Gasteiger partial charge in [-0.3, -0.25) is 15.3 Å². The van der Waals surface area contributed by atoms with E-state index < -0.39 is 0 Å². The molecule has 2 aliphatic rings. The third-order valence-electron chi connectivity index (χ3n) is 4.41. The Labute approximate surface area is 157 Å². The van der Waals surface area contributed by atoms with E-state index in [4.69, 9.17) is 10.5 Å². The molecule has 8 nitrogen and oxygen atoms in total. The third kappa shape index (κ3) is 4.18. The second kappa shape index (κ2) is 8.07. The van der Waals surface area contributed by atoms with Gasteiger partial charge in [0.1, 0.15) is 5.71 Å². The standard InChI is InChI=1S/C19H21N7O/c20-19-18(17(23-25-19)15-4-6-21-7-5-15)24-22-16-3-1-2-14(12-16)13-26-8-10-27-11-9-26/h1-7,12,22H,8-11,13H2,(H2,20,24,25). The van der Waals surface area contributed by atoms with Crippen molar-refractivity contribution in [2.75, 3.05) is 31.7 Å². The largest absolute Gasteiger partial charge is 0.380 e. The van der Waals surface area contributed by atoms with E-state index in [1.165, 1.54) is 5.56 Å². The number of pyridine rings is 1. The maximum absolute atomic E-state index is 5.95. The average Bonchev–Trinajstić information content (AvgIpc) is 3.09. The van der Waals surface area contributed by atoms with Crippen LogP contribution in [0.5, 0.6) is 0 Å². The lowest BCUT2D eigenvalue weighted by molar-refractivity contribution is 0.0342. The SMILES string of the molecule is NC1=NN=C(c2ccncc2)/C1=N\Nc1cccc(CN2CCOCC2)c1. The van der Waals surface area contributed by atoms with Crippen LogP contribution in [0.25, 0.3) is 0 Å². The Morgan fingerprint density at radius 3 is 2.74 bits per heavy atom. The maximum atomic E-state index is 5.95. The van der Waals surface area contributed by atoms with Gasteiger partial charge in [0.25, 0.3) is 0 Å². The highest BCUT2D eigenvalue weighted by molar-refractivity contribution is 6.72. The van der Waals surface area contributed by atoms with Crippen LogP contribution in [0, 0.1) is 0 Å². The number of ether oxygens (including phenoxy) is 1. The monoisotopic (exact) mass is 363 g/mol. The lowest BCUT2D eigenvalue weighted by Gasteiger charge is -2.26. The number of hydrogen-bond acceptors (Lipinski definition) is 8. The molecule has 1 aromatic carbocycles. The molecule has 0 atom stereocenters. The average molecular weight is 363 g/mol. The van der Waals surface area contributed by atoms with E-state index in [1.54, 1.807) is 12.4 Å². The molecule has 1 saturated heterocycles. The van der Waals surface area contributed by atoms with Crippen molar-refractivity contribution in [2.24, 2.45) is 21.0 Å². The van der Waals surface area contributed by atoms with E-state index in [9.17, 15) is 0 Å². The number of aromatic nitrogens is 1. The van der Waals surface area contributed by atoms with E-state index in [0.29, 0.717) is 17.3 Å². The summed E-state index contributed by atoms with van der Waals surface area (Å²) in [5.74, 6) is 0.291. The molecule has 0 radical (unpaired) electrons. The Morgan fingerprint density at radius 2 is 1.93 bits per heavy atom. The zero-order valence-electron chi connectivity index (χ0n) is 14.9. The predicted octanol–water partition coefficient (Wildman–Crippen LogP) is 1.46. The van der Waals surface area contributed by atoms with Crippen LogP contribution in [0.4, 0.5) is 5.69 Å². The van der Waals surface area contributed by atoms with Crippen LogP contribution in [-0.4, -0.2) is 53.4 Å². The van der Waals surface area contributed by atoms with Crippen LogP contribution in [0.1, 0.15) is 11.1 Å². The molecular weight excluding hydrogens is 342 g/mol. The molecule has 8 heteroatoms. The third-order valence-corrected chi connectivity index (χ3v) is 4.41. The van der Waals surface area contributed by atoms with Crippen molar-refractivity contribution in [1.82, 2.24) is 9.88 Å². The minimum Gasteiger partial charge on any atom is -0.380 e. The number of benzene rings is 1. The summed E-state index contributed by atoms with van der Waals surface area (Å²) in [6, 6.07) is 11.9. The number of anilines is 1. The normalized spacial score (nSPS) is 19.0. The zero-order valence-corrected chi connectivity index (χ0v) is 14.9. The van der Waals surface area contributed by atoms with Crippen LogP contribution >= 0.6 is 0 Å². The lowest BCUT2D eigenvalue weighted by Crippen LogP contribution is -2.35. The molecule has 2 aliphatic heterocycles. The first-order chi connectivity index (χ1) is 13.3. The second-order valence-corrected chi connectivity index (χ2v) is 6.33. The second-order valence-electron chi connectivity index (χ2n) is 6.33. The van der Waals surface area contributed by atoms with Gasteiger partial charge in [-0.05, 0) is 29.8 Å². The van der Waals surface area contributed by atoms with Gasteiger partial charge in [0.15, 0.2) is 11.5 Å². The van der Waals surface area contributed by atoms with Crippen molar-refractivity contribution in [3.05, 3.63) is 59.9 Å². The molecule has 3 heterocycles. The molecule has 1 fully saturated rings. The highest BCUT2D eigenvalue weighted by Crippen LogP contribution is 2.15. The van der Waals surface area contributed by atoms with Crippen molar-refractivity contribution in [2.45, 2.75) is 6.54 Å². The number of nitrogens with two attached hydrogens (primary N) is 1. The minimum atomic E-state index is 0.291. The summed E-state index contributed by atoms with van der Waals surface area (Å²) in [5, 5.41) is 12.5. The number of hydrazone groups is 1. The molecule has 27 heavy (non-hydrogen) atoms. The molecule has 0 unspecified atom stereocenters. The van der Waals surface area contributed by atoms with Crippen LogP contribution in [0.3, 0.4) is 0 Å². The van der Waals surface area contributed by atoms with E-state index in [2.05, 4.69) is 42.7 Å². The highest BCUT2D eigenvalue weighted by Gasteiger charge is 2.21. The summed E-state index contributed by atoms with van der Waals surface area (Å²) in [6.45, 7) is 4.39. The summed E-state index contributed by atoms with van der Waals surface area (Å²) < 4.78 is 5.40. The van der Waals surface area contributed by atoms with E-state index in [-0.39, 0.29) is 0 Å². The molecular formula is C19H21N7O. The van der Waals surface area contributed by atoms with Gasteiger partial charge in [0, 0.05) is 37.6 Å². The van der Waals surface area contributed by atoms with Gasteiger partial charge in [-0.25, -0.2) is 0 Å². The Balaban J connectivity index is 1.47. The van der Waals surface area contributed by atoms with Crippen molar-refractivity contribution >= 4 is 22.9 Å². The summed E-state index contributed by atoms with van der Waals surface area (Å²) in [4.78, 5) is 6.40. The van der Waals surface area contributed by atoms with Gasteiger partial charge < -0.3 is 10.5 Å². The smallest absolute Gasteiger partial charge is 0.176 e. The molecule has 2 aromatic rings. The van der Waals surface area contributed by atoms with Crippen molar-refractivity contribution < 1.29 is 4.74 Å². The van der Waals surface area contributed by atoms with Gasteiger partial charge in [0.2, 0.25) is 0 Å². The van der Waals surface area contributed by atoms with Gasteiger partial charge in [0.05, 0.1) is 18.9 Å². The molecule has 0 amide bonds. The molecule has 1 aromatic heterocycles. The first kappa shape index (κ1) is 17.3. The van der Waals surface area contributed by atoms with E-state index in [1.807, 2.05) is 24.3 Å². The number of nitrogens with zero attached hydrogens (tertiary/aromatic N) is 5. The summed E-state index contributed by atoms with van der Waals surface area (Å²) in [5.41, 5.74) is 13.2. The molecule has 4 rings (SSSR count).